The van der Waals surface area contributed by atoms with Gasteiger partial charge in [0.15, 0.2) is 5.69 Å². The van der Waals surface area contributed by atoms with Gasteiger partial charge in [0, 0.05) is 57.8 Å². The summed E-state index contributed by atoms with van der Waals surface area (Å²) in [6.45, 7) is 0.725. The number of ether oxygens (including phenoxy) is 1. The number of methoxy groups -OCH3 is 1. The lowest BCUT2D eigenvalue weighted by Gasteiger charge is -2.26. The molecule has 4 aromatic rings. The molecule has 2 aliphatic rings. The number of piperazine rings is 1. The van der Waals surface area contributed by atoms with E-state index in [0.29, 0.717) is 64.2 Å². The van der Waals surface area contributed by atoms with Gasteiger partial charge in [0.25, 0.3) is 5.91 Å². The fourth-order valence-corrected chi connectivity index (χ4v) is 5.89. The molecule has 0 radical (unpaired) electrons. The van der Waals surface area contributed by atoms with Gasteiger partial charge in [-0.15, -0.1) is 0 Å². The molecule has 0 unspecified atom stereocenters. The monoisotopic (exact) mass is 590 g/mol. The van der Waals surface area contributed by atoms with E-state index in [0.717, 1.165) is 16.7 Å². The summed E-state index contributed by atoms with van der Waals surface area (Å²) in [5.41, 5.74) is 11.2. The molecule has 6 rings (SSSR count). The molecule has 2 aromatic heterocycles. The van der Waals surface area contributed by atoms with E-state index in [-0.39, 0.29) is 29.6 Å². The van der Waals surface area contributed by atoms with Crippen LogP contribution < -0.4 is 15.8 Å². The lowest BCUT2D eigenvalue weighted by atomic mass is 9.86. The molecule has 1 saturated heterocycles. The van der Waals surface area contributed by atoms with Gasteiger partial charge in [0.1, 0.15) is 5.75 Å². The van der Waals surface area contributed by atoms with Crippen LogP contribution in [0.3, 0.4) is 0 Å². The van der Waals surface area contributed by atoms with Crippen LogP contribution in [0.2, 0.25) is 10.0 Å². The van der Waals surface area contributed by atoms with Crippen molar-refractivity contribution in [3.05, 3.63) is 81.2 Å². The summed E-state index contributed by atoms with van der Waals surface area (Å²) in [6.07, 6.45) is 4.20. The van der Waals surface area contributed by atoms with Crippen LogP contribution in [0.5, 0.6) is 5.75 Å². The third-order valence-electron chi connectivity index (χ3n) is 7.26. The largest absolute Gasteiger partial charge is 0.496 e. The summed E-state index contributed by atoms with van der Waals surface area (Å²) in [4.78, 5) is 43.4. The Morgan fingerprint density at radius 3 is 2.51 bits per heavy atom. The number of benzene rings is 2. The van der Waals surface area contributed by atoms with Gasteiger partial charge in [0.05, 0.1) is 30.6 Å². The van der Waals surface area contributed by atoms with Gasteiger partial charge in [0.2, 0.25) is 11.8 Å². The first-order valence-corrected chi connectivity index (χ1v) is 13.6. The fraction of sp³-hybridized carbons (Fsp3) is 0.207. The number of carbonyl (C=O) groups is 3. The molecule has 0 atom stereocenters. The highest BCUT2D eigenvalue weighted by molar-refractivity contribution is 6.34. The molecule has 3 N–H and O–H groups in total. The van der Waals surface area contributed by atoms with Gasteiger partial charge in [-0.3, -0.25) is 19.4 Å². The number of aryl methyl sites for hydroxylation is 1. The maximum Gasteiger partial charge on any atom is 0.275 e. The minimum atomic E-state index is -0.593. The van der Waals surface area contributed by atoms with E-state index >= 15 is 0 Å². The molecule has 3 heterocycles. The molecule has 10 nitrogen and oxygen atoms in total. The minimum Gasteiger partial charge on any atom is -0.496 e. The molecular weight excluding hydrogens is 567 g/mol. The first kappa shape index (κ1) is 26.8. The zero-order valence-electron chi connectivity index (χ0n) is 21.9. The average Bonchev–Trinajstić information content (AvgIpc) is 3.36. The maximum absolute atomic E-state index is 13.7. The second kappa shape index (κ2) is 10.5. The van der Waals surface area contributed by atoms with E-state index in [1.807, 2.05) is 12.1 Å². The summed E-state index contributed by atoms with van der Waals surface area (Å²) < 4.78 is 7.41. The number of fused-ring (bicyclic) bond motifs is 3. The van der Waals surface area contributed by atoms with Gasteiger partial charge in [-0.2, -0.15) is 5.10 Å². The quantitative estimate of drug-likeness (QED) is 0.364. The highest BCUT2D eigenvalue weighted by atomic mass is 35.5. The Morgan fingerprint density at radius 2 is 1.80 bits per heavy atom. The van der Waals surface area contributed by atoms with Gasteiger partial charge in [-0.25, -0.2) is 4.68 Å². The van der Waals surface area contributed by atoms with Crippen molar-refractivity contribution >= 4 is 40.9 Å². The number of nitrogens with zero attached hydrogens (tertiary/aromatic N) is 4. The molecule has 41 heavy (non-hydrogen) atoms. The SMILES string of the molecule is COc1cc2c(cc1-c1cncc(C(N)=O)c1)-c1c(c(C(=O)N3CCNC(=O)C3)nn1-c1cc(Cl)cc(Cl)c1)CC2. The lowest BCUT2D eigenvalue weighted by molar-refractivity contribution is -0.123. The van der Waals surface area contributed by atoms with Crippen molar-refractivity contribution in [2.45, 2.75) is 12.8 Å². The Balaban J connectivity index is 1.58. The van der Waals surface area contributed by atoms with Crippen molar-refractivity contribution in [3.63, 3.8) is 0 Å². The first-order valence-electron chi connectivity index (χ1n) is 12.8. The van der Waals surface area contributed by atoms with Crippen LogP contribution in [0.4, 0.5) is 0 Å². The van der Waals surface area contributed by atoms with Crippen LogP contribution >= 0.6 is 23.2 Å². The van der Waals surface area contributed by atoms with Crippen LogP contribution in [0.15, 0.2) is 48.8 Å². The topological polar surface area (TPSA) is 132 Å². The Bertz CT molecular complexity index is 1730. The molecule has 0 bridgehead atoms. The van der Waals surface area contributed by atoms with Crippen molar-refractivity contribution < 1.29 is 19.1 Å². The zero-order chi connectivity index (χ0) is 28.8. The van der Waals surface area contributed by atoms with Crippen LogP contribution in [0.1, 0.15) is 32.0 Å². The summed E-state index contributed by atoms with van der Waals surface area (Å²) in [5, 5.41) is 8.37. The minimum absolute atomic E-state index is 0.0371. The molecule has 3 amide bonds. The molecule has 1 aliphatic heterocycles. The van der Waals surface area contributed by atoms with Crippen LogP contribution in [-0.2, 0) is 17.6 Å². The van der Waals surface area contributed by atoms with Crippen LogP contribution in [0.25, 0.3) is 28.1 Å². The molecule has 1 aliphatic carbocycles. The summed E-state index contributed by atoms with van der Waals surface area (Å²) >= 11 is 12.7. The number of nitrogens with one attached hydrogen (secondary N) is 1. The number of hydrogen-bond acceptors (Lipinski definition) is 6. The number of halogens is 2. The molecule has 0 saturated carbocycles. The lowest BCUT2D eigenvalue weighted by Crippen LogP contribution is -2.50. The smallest absolute Gasteiger partial charge is 0.275 e. The van der Waals surface area contributed by atoms with E-state index in [1.165, 1.54) is 11.1 Å². The number of pyridine rings is 1. The number of hydrogen-bond donors (Lipinski definition) is 2. The summed E-state index contributed by atoms with van der Waals surface area (Å²) in [7, 11) is 1.58. The Hall–Kier alpha value is -4.41. The molecule has 0 spiro atoms. The second-order valence-corrected chi connectivity index (χ2v) is 10.7. The van der Waals surface area contributed by atoms with Crippen molar-refractivity contribution in [3.8, 4) is 33.8 Å². The second-order valence-electron chi connectivity index (χ2n) is 9.83. The Labute approximate surface area is 245 Å². The number of aromatic nitrogens is 3. The van der Waals surface area contributed by atoms with E-state index in [4.69, 9.17) is 38.8 Å². The van der Waals surface area contributed by atoms with Gasteiger partial charge >= 0.3 is 0 Å². The van der Waals surface area contributed by atoms with Crippen molar-refractivity contribution in [1.82, 2.24) is 25.0 Å². The average molecular weight is 591 g/mol. The Kier molecular flexibility index (Phi) is 6.88. The van der Waals surface area contributed by atoms with Gasteiger partial charge < -0.3 is 20.7 Å². The fourth-order valence-electron chi connectivity index (χ4n) is 5.37. The Morgan fingerprint density at radius 1 is 1.02 bits per heavy atom. The highest BCUT2D eigenvalue weighted by Crippen LogP contribution is 2.43. The van der Waals surface area contributed by atoms with Crippen molar-refractivity contribution in [2.75, 3.05) is 26.7 Å². The third-order valence-corrected chi connectivity index (χ3v) is 7.70. The van der Waals surface area contributed by atoms with E-state index in [2.05, 4.69) is 10.3 Å². The number of nitrogens with two attached hydrogens (primary N) is 1. The number of carbonyl (C=O) groups excluding carboxylic acids is 3. The zero-order valence-corrected chi connectivity index (χ0v) is 23.4. The summed E-state index contributed by atoms with van der Waals surface area (Å²) in [6, 6.07) is 10.6. The molecule has 1 fully saturated rings. The van der Waals surface area contributed by atoms with Crippen molar-refractivity contribution in [2.24, 2.45) is 5.73 Å². The molecular formula is C29H24Cl2N6O4. The predicted molar refractivity (Wildman–Crippen MR) is 154 cm³/mol. The van der Waals surface area contributed by atoms with Gasteiger partial charge in [-0.05, 0) is 54.8 Å². The third kappa shape index (κ3) is 4.89. The van der Waals surface area contributed by atoms with Crippen LogP contribution in [0, 0.1) is 0 Å². The predicted octanol–water partition coefficient (Wildman–Crippen LogP) is 3.69. The highest BCUT2D eigenvalue weighted by Gasteiger charge is 2.33. The number of rotatable bonds is 5. The number of amides is 3. The molecule has 2 aromatic carbocycles. The van der Waals surface area contributed by atoms with E-state index in [1.54, 1.807) is 42.3 Å². The normalized spacial score (nSPS) is 14.2. The number of primary amides is 1. The standard InChI is InChI=1S/C29H24Cl2N6O4/c1-41-24-7-15-2-3-21-26(29(40)36-5-4-34-25(38)14-36)35-37(20-9-18(30)8-19(31)10-20)27(21)23(15)11-22(24)16-6-17(28(32)39)13-33-12-16/h6-13H,2-5,14H2,1H3,(H2,32,39)(H,34,38). The van der Waals surface area contributed by atoms with Gasteiger partial charge in [-0.1, -0.05) is 23.2 Å². The van der Waals surface area contributed by atoms with E-state index in [9.17, 15) is 14.4 Å². The van der Waals surface area contributed by atoms with Crippen LogP contribution in [-0.4, -0.2) is 64.1 Å². The summed E-state index contributed by atoms with van der Waals surface area (Å²) in [5.74, 6) is -0.529. The van der Waals surface area contributed by atoms with E-state index < -0.39 is 5.91 Å². The molecule has 12 heteroatoms. The van der Waals surface area contributed by atoms with Crippen molar-refractivity contribution in [1.29, 1.82) is 0 Å². The first-order chi connectivity index (χ1) is 19.7. The maximum atomic E-state index is 13.7. The molecule has 208 valence electrons.